The number of carbonyl (C=O) groups is 1. The first-order chi connectivity index (χ1) is 10.3. The van der Waals surface area contributed by atoms with Crippen LogP contribution >= 0.6 is 11.3 Å². The normalized spacial score (nSPS) is 24.0. The zero-order chi connectivity index (χ0) is 14.5. The summed E-state index contributed by atoms with van der Waals surface area (Å²) in [4.78, 5) is 21.5. The van der Waals surface area contributed by atoms with Gasteiger partial charge in [-0.2, -0.15) is 0 Å². The summed E-state index contributed by atoms with van der Waals surface area (Å²) < 4.78 is 0. The number of carbonyl (C=O) groups excluding carboxylic acids is 1. The third-order valence-corrected chi connectivity index (χ3v) is 5.02. The van der Waals surface area contributed by atoms with E-state index in [0.29, 0.717) is 5.91 Å². The number of amides is 1. The summed E-state index contributed by atoms with van der Waals surface area (Å²) >= 11 is 1.65. The first kappa shape index (κ1) is 14.7. The quantitative estimate of drug-likeness (QED) is 0.805. The minimum absolute atomic E-state index is 0.222. The second kappa shape index (κ2) is 7.18. The van der Waals surface area contributed by atoms with Crippen LogP contribution in [0, 0.1) is 5.92 Å². The van der Waals surface area contributed by atoms with Crippen LogP contribution in [-0.2, 0) is 11.3 Å². The van der Waals surface area contributed by atoms with Crippen molar-refractivity contribution in [2.75, 3.05) is 26.2 Å². The maximum Gasteiger partial charge on any atom is 0.226 e. The molecular formula is C16H23N3OS. The fourth-order valence-electron chi connectivity index (χ4n) is 3.17. The van der Waals surface area contributed by atoms with Gasteiger partial charge in [0, 0.05) is 44.0 Å². The van der Waals surface area contributed by atoms with E-state index in [2.05, 4.69) is 32.3 Å². The standard InChI is InChI=1S/C16H23N3OS/c20-16(14-5-2-1-3-6-14)19-8-4-7-18(9-10-19)11-15-12-21-13-17-15/h1-2,12-14H,3-11H2/t14-/m0/s1. The van der Waals surface area contributed by atoms with Crippen molar-refractivity contribution in [1.82, 2.24) is 14.8 Å². The molecule has 0 bridgehead atoms. The van der Waals surface area contributed by atoms with E-state index >= 15 is 0 Å². The average Bonchev–Trinajstić information content (AvgIpc) is 2.92. The van der Waals surface area contributed by atoms with Crippen molar-refractivity contribution in [3.63, 3.8) is 0 Å². The van der Waals surface area contributed by atoms with Crippen LogP contribution in [0.15, 0.2) is 23.0 Å². The molecule has 1 atom stereocenters. The first-order valence-electron chi connectivity index (χ1n) is 7.86. The molecule has 3 rings (SSSR count). The van der Waals surface area contributed by atoms with Crippen molar-refractivity contribution < 1.29 is 4.79 Å². The molecule has 0 aromatic carbocycles. The third kappa shape index (κ3) is 3.92. The van der Waals surface area contributed by atoms with Crippen molar-refractivity contribution >= 4 is 17.2 Å². The van der Waals surface area contributed by atoms with Gasteiger partial charge in [-0.1, -0.05) is 12.2 Å². The van der Waals surface area contributed by atoms with E-state index in [9.17, 15) is 4.79 Å². The van der Waals surface area contributed by atoms with Crippen molar-refractivity contribution in [2.45, 2.75) is 32.2 Å². The maximum atomic E-state index is 12.6. The highest BCUT2D eigenvalue weighted by Gasteiger charge is 2.26. The molecule has 2 aliphatic rings. The zero-order valence-corrected chi connectivity index (χ0v) is 13.2. The number of rotatable bonds is 3. The molecule has 0 spiro atoms. The van der Waals surface area contributed by atoms with Gasteiger partial charge in [-0.05, 0) is 25.7 Å². The van der Waals surface area contributed by atoms with Gasteiger partial charge in [-0.15, -0.1) is 11.3 Å². The summed E-state index contributed by atoms with van der Waals surface area (Å²) in [6.07, 6.45) is 8.44. The maximum absolute atomic E-state index is 12.6. The molecule has 1 aliphatic heterocycles. The summed E-state index contributed by atoms with van der Waals surface area (Å²) in [5, 5.41) is 2.11. The van der Waals surface area contributed by atoms with E-state index in [1.807, 2.05) is 5.51 Å². The highest BCUT2D eigenvalue weighted by molar-refractivity contribution is 7.07. The monoisotopic (exact) mass is 305 g/mol. The number of hydrogen-bond acceptors (Lipinski definition) is 4. The van der Waals surface area contributed by atoms with Crippen LogP contribution in [0.4, 0.5) is 0 Å². The highest BCUT2D eigenvalue weighted by Crippen LogP contribution is 2.21. The molecule has 0 N–H and O–H groups in total. The molecule has 1 saturated heterocycles. The van der Waals surface area contributed by atoms with E-state index in [1.165, 1.54) is 0 Å². The van der Waals surface area contributed by atoms with Gasteiger partial charge in [0.25, 0.3) is 0 Å². The van der Waals surface area contributed by atoms with E-state index in [1.54, 1.807) is 11.3 Å². The van der Waals surface area contributed by atoms with E-state index < -0.39 is 0 Å². The Morgan fingerprint density at radius 1 is 1.29 bits per heavy atom. The Morgan fingerprint density at radius 2 is 2.24 bits per heavy atom. The Balaban J connectivity index is 1.52. The Bertz CT molecular complexity index is 486. The second-order valence-corrected chi connectivity index (χ2v) is 6.63. The SMILES string of the molecule is O=C([C@H]1CC=CCC1)N1CCCN(Cc2cscn2)CC1. The van der Waals surface area contributed by atoms with Gasteiger partial charge >= 0.3 is 0 Å². The van der Waals surface area contributed by atoms with Gasteiger partial charge in [0.1, 0.15) is 0 Å². The predicted octanol–water partition coefficient (Wildman–Crippen LogP) is 2.53. The van der Waals surface area contributed by atoms with Crippen molar-refractivity contribution in [1.29, 1.82) is 0 Å². The molecule has 21 heavy (non-hydrogen) atoms. The molecule has 1 fully saturated rings. The predicted molar refractivity (Wildman–Crippen MR) is 85.1 cm³/mol. The molecule has 0 saturated carbocycles. The Morgan fingerprint density at radius 3 is 3.00 bits per heavy atom. The van der Waals surface area contributed by atoms with Crippen LogP contribution in [0.1, 0.15) is 31.4 Å². The molecule has 0 unspecified atom stereocenters. The molecule has 1 aliphatic carbocycles. The molecule has 0 radical (unpaired) electrons. The molecule has 1 amide bonds. The van der Waals surface area contributed by atoms with Crippen LogP contribution in [0.5, 0.6) is 0 Å². The third-order valence-electron chi connectivity index (χ3n) is 4.39. The van der Waals surface area contributed by atoms with Crippen LogP contribution in [0.2, 0.25) is 0 Å². The number of aromatic nitrogens is 1. The zero-order valence-electron chi connectivity index (χ0n) is 12.4. The number of nitrogens with zero attached hydrogens (tertiary/aromatic N) is 3. The lowest BCUT2D eigenvalue weighted by atomic mass is 9.93. The summed E-state index contributed by atoms with van der Waals surface area (Å²) in [5.41, 5.74) is 3.04. The smallest absolute Gasteiger partial charge is 0.226 e. The van der Waals surface area contributed by atoms with Crippen molar-refractivity contribution in [3.8, 4) is 0 Å². The fourth-order valence-corrected chi connectivity index (χ4v) is 3.72. The lowest BCUT2D eigenvalue weighted by molar-refractivity contribution is -0.135. The lowest BCUT2D eigenvalue weighted by Gasteiger charge is -2.27. The summed E-state index contributed by atoms with van der Waals surface area (Å²) in [6, 6.07) is 0. The van der Waals surface area contributed by atoms with E-state index in [-0.39, 0.29) is 5.92 Å². The van der Waals surface area contributed by atoms with Crippen LogP contribution < -0.4 is 0 Å². The van der Waals surface area contributed by atoms with Gasteiger partial charge in [0.05, 0.1) is 11.2 Å². The minimum atomic E-state index is 0.222. The lowest BCUT2D eigenvalue weighted by Crippen LogP contribution is -2.39. The van der Waals surface area contributed by atoms with Gasteiger partial charge in [-0.25, -0.2) is 4.98 Å². The molecule has 2 heterocycles. The largest absolute Gasteiger partial charge is 0.341 e. The fraction of sp³-hybridized carbons (Fsp3) is 0.625. The summed E-state index contributed by atoms with van der Waals surface area (Å²) in [7, 11) is 0. The van der Waals surface area contributed by atoms with E-state index in [4.69, 9.17) is 0 Å². The Labute approximate surface area is 130 Å². The number of thiazole rings is 1. The molecule has 1 aromatic rings. The van der Waals surface area contributed by atoms with Crippen LogP contribution in [-0.4, -0.2) is 46.9 Å². The topological polar surface area (TPSA) is 36.4 Å². The van der Waals surface area contributed by atoms with E-state index in [0.717, 1.165) is 64.1 Å². The minimum Gasteiger partial charge on any atom is -0.341 e. The second-order valence-electron chi connectivity index (χ2n) is 5.92. The Kier molecular flexibility index (Phi) is 5.04. The molecule has 114 valence electrons. The highest BCUT2D eigenvalue weighted by atomic mass is 32.1. The van der Waals surface area contributed by atoms with Crippen LogP contribution in [0.25, 0.3) is 0 Å². The first-order valence-corrected chi connectivity index (χ1v) is 8.80. The molecule has 4 nitrogen and oxygen atoms in total. The Hall–Kier alpha value is -1.20. The molecule has 5 heteroatoms. The molecule has 1 aromatic heterocycles. The van der Waals surface area contributed by atoms with Gasteiger partial charge in [0.2, 0.25) is 5.91 Å². The van der Waals surface area contributed by atoms with Crippen LogP contribution in [0.3, 0.4) is 0 Å². The van der Waals surface area contributed by atoms with Crippen molar-refractivity contribution in [2.24, 2.45) is 5.92 Å². The van der Waals surface area contributed by atoms with Gasteiger partial charge < -0.3 is 4.90 Å². The number of allylic oxidation sites excluding steroid dienone is 2. The number of hydrogen-bond donors (Lipinski definition) is 0. The van der Waals surface area contributed by atoms with Crippen molar-refractivity contribution in [3.05, 3.63) is 28.7 Å². The summed E-state index contributed by atoms with van der Waals surface area (Å²) in [6.45, 7) is 4.71. The van der Waals surface area contributed by atoms with Gasteiger partial charge in [0.15, 0.2) is 0 Å². The average molecular weight is 305 g/mol. The summed E-state index contributed by atoms with van der Waals surface area (Å²) in [5.74, 6) is 0.593. The molecular weight excluding hydrogens is 282 g/mol. The van der Waals surface area contributed by atoms with Gasteiger partial charge in [-0.3, -0.25) is 9.69 Å².